The Morgan fingerprint density at radius 3 is 2.79 bits per heavy atom. The van der Waals surface area contributed by atoms with Gasteiger partial charge in [0.15, 0.2) is 5.96 Å². The first kappa shape index (κ1) is 21.1. The van der Waals surface area contributed by atoms with Crippen LogP contribution in [0, 0.1) is 0 Å². The van der Waals surface area contributed by atoms with Crippen molar-refractivity contribution in [1.29, 1.82) is 0 Å². The highest BCUT2D eigenvalue weighted by Crippen LogP contribution is 2.24. The highest BCUT2D eigenvalue weighted by molar-refractivity contribution is 14.0. The highest BCUT2D eigenvalue weighted by Gasteiger charge is 2.41. The van der Waals surface area contributed by atoms with Crippen molar-refractivity contribution in [3.63, 3.8) is 0 Å². The number of likely N-dealkylation sites (tertiary alicyclic amines) is 1. The number of hydrogen-bond acceptors (Lipinski definition) is 4. The summed E-state index contributed by atoms with van der Waals surface area (Å²) in [6.45, 7) is 8.05. The zero-order chi connectivity index (χ0) is 18.5. The van der Waals surface area contributed by atoms with Crippen molar-refractivity contribution in [1.82, 2.24) is 15.1 Å². The third kappa shape index (κ3) is 5.07. The number of furan rings is 1. The molecule has 2 aliphatic heterocycles. The number of aliphatic imine (C=N–C) groups is 1. The molecule has 6 nitrogen and oxygen atoms in total. The molecule has 2 unspecified atom stereocenters. The Labute approximate surface area is 184 Å². The first-order valence-corrected chi connectivity index (χ1v) is 9.78. The van der Waals surface area contributed by atoms with Gasteiger partial charge in [-0.05, 0) is 24.6 Å². The molecule has 0 spiro atoms. The summed E-state index contributed by atoms with van der Waals surface area (Å²) >= 11 is 0. The fraction of sp³-hybridized carbons (Fsp3) is 0.476. The highest BCUT2D eigenvalue weighted by atomic mass is 127. The van der Waals surface area contributed by atoms with Crippen LogP contribution in [0.5, 0.6) is 0 Å². The Balaban J connectivity index is 0.00000225. The summed E-state index contributed by atoms with van der Waals surface area (Å²) in [5.41, 5.74) is 1.36. The van der Waals surface area contributed by atoms with E-state index < -0.39 is 0 Å². The predicted molar refractivity (Wildman–Crippen MR) is 121 cm³/mol. The molecule has 2 atom stereocenters. The zero-order valence-corrected chi connectivity index (χ0v) is 18.6. The van der Waals surface area contributed by atoms with Gasteiger partial charge in [0.25, 0.3) is 0 Å². The summed E-state index contributed by atoms with van der Waals surface area (Å²) < 4.78 is 11.5. The molecule has 152 valence electrons. The molecule has 2 aromatic rings. The molecule has 7 heteroatoms. The van der Waals surface area contributed by atoms with Gasteiger partial charge in [-0.15, -0.1) is 24.0 Å². The van der Waals surface area contributed by atoms with E-state index in [1.54, 1.807) is 6.26 Å². The van der Waals surface area contributed by atoms with Crippen LogP contribution in [0.4, 0.5) is 0 Å². The number of nitrogens with zero attached hydrogens (tertiary/aromatic N) is 3. The fourth-order valence-corrected chi connectivity index (χ4v) is 3.93. The molecular formula is C21H29IN4O2. The molecule has 1 aromatic heterocycles. The molecule has 1 aromatic carbocycles. The Hall–Kier alpha value is -1.58. The quantitative estimate of drug-likeness (QED) is 0.392. The van der Waals surface area contributed by atoms with Crippen molar-refractivity contribution in [3.05, 3.63) is 60.1 Å². The molecule has 2 fully saturated rings. The maximum Gasteiger partial charge on any atom is 0.194 e. The SMILES string of the molecule is CCNC(=NCc1ccco1)N1CC2OCCN(Cc3ccccc3)C2C1.I. The molecule has 2 saturated heterocycles. The fourth-order valence-electron chi connectivity index (χ4n) is 3.93. The Morgan fingerprint density at radius 1 is 1.18 bits per heavy atom. The molecule has 1 N–H and O–H groups in total. The molecule has 0 saturated carbocycles. The van der Waals surface area contributed by atoms with Gasteiger partial charge in [0.1, 0.15) is 12.3 Å². The summed E-state index contributed by atoms with van der Waals surface area (Å²) in [7, 11) is 0. The van der Waals surface area contributed by atoms with E-state index in [-0.39, 0.29) is 30.1 Å². The number of hydrogen-bond donors (Lipinski definition) is 1. The van der Waals surface area contributed by atoms with Gasteiger partial charge >= 0.3 is 0 Å². The van der Waals surface area contributed by atoms with Crippen LogP contribution >= 0.6 is 24.0 Å². The third-order valence-electron chi connectivity index (χ3n) is 5.24. The molecule has 2 aliphatic rings. The van der Waals surface area contributed by atoms with Crippen LogP contribution in [0.25, 0.3) is 0 Å². The van der Waals surface area contributed by atoms with Crippen molar-refractivity contribution in [3.8, 4) is 0 Å². The first-order valence-electron chi connectivity index (χ1n) is 9.78. The lowest BCUT2D eigenvalue weighted by molar-refractivity contribution is -0.0502. The molecule has 0 aliphatic carbocycles. The lowest BCUT2D eigenvalue weighted by atomic mass is 10.1. The number of rotatable bonds is 5. The molecule has 28 heavy (non-hydrogen) atoms. The van der Waals surface area contributed by atoms with Crippen LogP contribution in [0.3, 0.4) is 0 Å². The van der Waals surface area contributed by atoms with Crippen LogP contribution in [0.1, 0.15) is 18.2 Å². The van der Waals surface area contributed by atoms with Crippen molar-refractivity contribution in [2.75, 3.05) is 32.8 Å². The van der Waals surface area contributed by atoms with E-state index in [2.05, 4.69) is 52.4 Å². The van der Waals surface area contributed by atoms with Crippen molar-refractivity contribution < 1.29 is 9.15 Å². The van der Waals surface area contributed by atoms with E-state index in [9.17, 15) is 0 Å². The first-order chi connectivity index (χ1) is 13.3. The topological polar surface area (TPSA) is 53.2 Å². The zero-order valence-electron chi connectivity index (χ0n) is 16.3. The molecular weight excluding hydrogens is 467 g/mol. The van der Waals surface area contributed by atoms with Crippen molar-refractivity contribution >= 4 is 29.9 Å². The van der Waals surface area contributed by atoms with Gasteiger partial charge in [-0.3, -0.25) is 4.90 Å². The van der Waals surface area contributed by atoms with Gasteiger partial charge in [-0.1, -0.05) is 30.3 Å². The third-order valence-corrected chi connectivity index (χ3v) is 5.24. The maximum atomic E-state index is 6.09. The van der Waals surface area contributed by atoms with Gasteiger partial charge in [0.05, 0.1) is 25.0 Å². The summed E-state index contributed by atoms with van der Waals surface area (Å²) in [5, 5.41) is 3.42. The van der Waals surface area contributed by atoms with Crippen LogP contribution < -0.4 is 5.32 Å². The minimum Gasteiger partial charge on any atom is -0.467 e. The van der Waals surface area contributed by atoms with Crippen LogP contribution in [-0.4, -0.2) is 60.7 Å². The van der Waals surface area contributed by atoms with Gasteiger partial charge in [-0.2, -0.15) is 0 Å². The number of guanidine groups is 1. The van der Waals surface area contributed by atoms with Crippen LogP contribution in [-0.2, 0) is 17.8 Å². The number of fused-ring (bicyclic) bond motifs is 1. The number of halogens is 1. The maximum absolute atomic E-state index is 6.09. The monoisotopic (exact) mass is 496 g/mol. The Bertz CT molecular complexity index is 738. The van der Waals surface area contributed by atoms with Crippen molar-refractivity contribution in [2.24, 2.45) is 4.99 Å². The standard InChI is InChI=1S/C21H28N4O2.HI/c1-2-22-21(23-13-18-9-6-11-26-18)25-15-19-20(16-25)27-12-10-24(19)14-17-7-4-3-5-8-17;/h3-9,11,19-20H,2,10,12-16H2,1H3,(H,22,23);1H. The normalized spacial score (nSPS) is 22.6. The van der Waals surface area contributed by atoms with Crippen molar-refractivity contribution in [2.45, 2.75) is 32.2 Å². The minimum absolute atomic E-state index is 0. The Kier molecular flexibility index (Phi) is 7.75. The molecule has 0 radical (unpaired) electrons. The minimum atomic E-state index is 0. The van der Waals surface area contributed by atoms with E-state index in [1.165, 1.54) is 5.56 Å². The predicted octanol–water partition coefficient (Wildman–Crippen LogP) is 2.95. The van der Waals surface area contributed by atoms with Gasteiger partial charge in [-0.25, -0.2) is 4.99 Å². The molecule has 4 rings (SSSR count). The second kappa shape index (κ2) is 10.3. The summed E-state index contributed by atoms with van der Waals surface area (Å²) in [5.74, 6) is 1.82. The number of nitrogens with one attached hydrogen (secondary N) is 1. The molecule has 0 amide bonds. The van der Waals surface area contributed by atoms with Crippen LogP contribution in [0.15, 0.2) is 58.1 Å². The van der Waals surface area contributed by atoms with E-state index in [0.29, 0.717) is 12.6 Å². The lowest BCUT2D eigenvalue weighted by Gasteiger charge is -2.36. The van der Waals surface area contributed by atoms with Gasteiger partial charge < -0.3 is 19.4 Å². The number of morpholine rings is 1. The smallest absolute Gasteiger partial charge is 0.194 e. The van der Waals surface area contributed by atoms with E-state index >= 15 is 0 Å². The number of benzene rings is 1. The number of ether oxygens (including phenoxy) is 1. The molecule has 0 bridgehead atoms. The van der Waals surface area contributed by atoms with Crippen LogP contribution in [0.2, 0.25) is 0 Å². The second-order valence-corrected chi connectivity index (χ2v) is 7.09. The summed E-state index contributed by atoms with van der Waals surface area (Å²) in [4.78, 5) is 9.65. The van der Waals surface area contributed by atoms with Gasteiger partial charge in [0, 0.05) is 32.7 Å². The average Bonchev–Trinajstić information content (AvgIpc) is 3.36. The largest absolute Gasteiger partial charge is 0.467 e. The summed E-state index contributed by atoms with van der Waals surface area (Å²) in [6.07, 6.45) is 1.92. The van der Waals surface area contributed by atoms with E-state index in [1.807, 2.05) is 12.1 Å². The average molecular weight is 496 g/mol. The lowest BCUT2D eigenvalue weighted by Crippen LogP contribution is -2.50. The van der Waals surface area contributed by atoms with E-state index in [0.717, 1.165) is 51.1 Å². The second-order valence-electron chi connectivity index (χ2n) is 7.09. The Morgan fingerprint density at radius 2 is 2.04 bits per heavy atom. The van der Waals surface area contributed by atoms with Gasteiger partial charge in [0.2, 0.25) is 0 Å². The summed E-state index contributed by atoms with van der Waals surface area (Å²) in [6, 6.07) is 14.9. The molecule has 3 heterocycles. The van der Waals surface area contributed by atoms with E-state index in [4.69, 9.17) is 14.1 Å².